The topological polar surface area (TPSA) is 9.86 Å². The summed E-state index contributed by atoms with van der Waals surface area (Å²) in [5, 5.41) is 2.51. The van der Waals surface area contributed by atoms with Gasteiger partial charge in [-0.1, -0.05) is 147 Å². The van der Waals surface area contributed by atoms with Crippen LogP contribution >= 0.6 is 0 Å². The van der Waals surface area contributed by atoms with Crippen LogP contribution < -0.4 is 0 Å². The highest BCUT2D eigenvalue weighted by Gasteiger charge is 2.17. The van der Waals surface area contributed by atoms with Crippen molar-refractivity contribution < 1.29 is 0 Å². The minimum absolute atomic E-state index is 1.08. The van der Waals surface area contributed by atoms with Crippen LogP contribution in [0.3, 0.4) is 0 Å². The number of nitrogens with zero attached hydrogens (tertiary/aromatic N) is 2. The number of para-hydroxylation sites is 1. The molecule has 0 saturated heterocycles. The Balaban J connectivity index is 1.18. The molecule has 0 bridgehead atoms. The zero-order valence-electron chi connectivity index (χ0n) is 29.6. The van der Waals surface area contributed by atoms with Crippen molar-refractivity contribution in [2.75, 3.05) is 0 Å². The highest BCUT2D eigenvalue weighted by atomic mass is 15.0. The molecule has 2 heterocycles. The second-order valence-electron chi connectivity index (χ2n) is 13.2. The van der Waals surface area contributed by atoms with Gasteiger partial charge in [-0.2, -0.15) is 0 Å². The summed E-state index contributed by atoms with van der Waals surface area (Å²) < 4.78 is 4.73. The van der Waals surface area contributed by atoms with Crippen molar-refractivity contribution in [1.82, 2.24) is 9.13 Å². The molecule has 250 valence electrons. The number of allylic oxidation sites excluding steroid dienone is 4. The van der Waals surface area contributed by atoms with Gasteiger partial charge >= 0.3 is 0 Å². The molecule has 2 heteroatoms. The quantitative estimate of drug-likeness (QED) is 0.136. The lowest BCUT2D eigenvalue weighted by molar-refractivity contribution is 1.04. The summed E-state index contributed by atoms with van der Waals surface area (Å²) in [5.41, 5.74) is 16.4. The van der Waals surface area contributed by atoms with Crippen molar-refractivity contribution in [2.45, 2.75) is 13.8 Å². The summed E-state index contributed by atoms with van der Waals surface area (Å²) in [6.07, 6.45) is 10.2. The molecule has 0 unspecified atom stereocenters. The number of rotatable bonds is 9. The van der Waals surface area contributed by atoms with Crippen molar-refractivity contribution >= 4 is 39.5 Å². The number of fused-ring (bicyclic) bond motifs is 3. The predicted molar refractivity (Wildman–Crippen MR) is 224 cm³/mol. The van der Waals surface area contributed by atoms with Crippen LogP contribution in [0.25, 0.3) is 73.2 Å². The third-order valence-electron chi connectivity index (χ3n) is 10.2. The number of benzene rings is 6. The maximum absolute atomic E-state index is 4.15. The van der Waals surface area contributed by atoms with E-state index in [9.17, 15) is 0 Å². The first-order valence-electron chi connectivity index (χ1n) is 17.8. The second-order valence-corrected chi connectivity index (χ2v) is 13.2. The molecule has 52 heavy (non-hydrogen) atoms. The Kier molecular flexibility index (Phi) is 8.73. The minimum atomic E-state index is 1.08. The van der Waals surface area contributed by atoms with Crippen molar-refractivity contribution in [3.05, 3.63) is 211 Å². The smallest absolute Gasteiger partial charge is 0.0547 e. The standard InChI is InChI=1S/C50H40N2/c1-5-7-21-47-35(3)36(4)49(33-37(6-2)38-16-10-8-11-17-38)51(47)43-28-23-40(24-29-43)41-25-30-44(31-26-41)52-48-22-15-14-20-45(48)46-32-27-42(34-50(46)52)39-18-12-9-13-19-39/h5-34H,1-2H2,3-4H3/b21-7-,37-33+. The number of aromatic nitrogens is 2. The highest BCUT2D eigenvalue weighted by Crippen LogP contribution is 2.36. The van der Waals surface area contributed by atoms with Gasteiger partial charge in [0.2, 0.25) is 0 Å². The van der Waals surface area contributed by atoms with E-state index in [1.165, 1.54) is 55.2 Å². The predicted octanol–water partition coefficient (Wildman–Crippen LogP) is 13.5. The van der Waals surface area contributed by atoms with E-state index in [-0.39, 0.29) is 0 Å². The van der Waals surface area contributed by atoms with E-state index >= 15 is 0 Å². The Bertz CT molecular complexity index is 2630. The van der Waals surface area contributed by atoms with Gasteiger partial charge in [-0.15, -0.1) is 0 Å². The first-order valence-corrected chi connectivity index (χ1v) is 17.8. The van der Waals surface area contributed by atoms with Gasteiger partial charge in [0.15, 0.2) is 0 Å². The van der Waals surface area contributed by atoms with Gasteiger partial charge in [-0.3, -0.25) is 0 Å². The fourth-order valence-electron chi connectivity index (χ4n) is 7.36. The maximum atomic E-state index is 4.15. The molecule has 0 amide bonds. The minimum Gasteiger partial charge on any atom is -0.310 e. The Hall–Kier alpha value is -6.64. The number of hydrogen-bond acceptors (Lipinski definition) is 0. The summed E-state index contributed by atoms with van der Waals surface area (Å²) >= 11 is 0. The van der Waals surface area contributed by atoms with Gasteiger partial charge in [0.1, 0.15) is 0 Å². The first kappa shape index (κ1) is 32.6. The zero-order chi connectivity index (χ0) is 35.6. The summed E-state index contributed by atoms with van der Waals surface area (Å²) in [6, 6.07) is 54.4. The molecule has 2 aromatic heterocycles. The van der Waals surface area contributed by atoms with E-state index < -0.39 is 0 Å². The molecule has 0 fully saturated rings. The van der Waals surface area contributed by atoms with Crippen LogP contribution in [0.4, 0.5) is 0 Å². The van der Waals surface area contributed by atoms with E-state index in [1.807, 2.05) is 24.3 Å². The maximum Gasteiger partial charge on any atom is 0.0547 e. The van der Waals surface area contributed by atoms with E-state index in [0.717, 1.165) is 33.9 Å². The molecule has 0 N–H and O–H groups in total. The van der Waals surface area contributed by atoms with Gasteiger partial charge in [0.05, 0.1) is 11.0 Å². The van der Waals surface area contributed by atoms with Crippen molar-refractivity contribution in [3.8, 4) is 33.6 Å². The molecule has 0 aliphatic carbocycles. The monoisotopic (exact) mass is 668 g/mol. The van der Waals surface area contributed by atoms with Gasteiger partial charge in [0.25, 0.3) is 0 Å². The van der Waals surface area contributed by atoms with Crippen LogP contribution in [-0.2, 0) is 0 Å². The third kappa shape index (κ3) is 5.85. The molecule has 8 rings (SSSR count). The molecular formula is C50H40N2. The Morgan fingerprint density at radius 2 is 1.04 bits per heavy atom. The molecule has 0 atom stereocenters. The van der Waals surface area contributed by atoms with Crippen LogP contribution in [0.1, 0.15) is 28.1 Å². The first-order chi connectivity index (χ1) is 25.6. The SMILES string of the molecule is C=C/C=C\c1c(C)c(C)c(/C=C(\C=C)c2ccccc2)n1-c1ccc(-c2ccc(-n3c4ccccc4c4ccc(-c5ccccc5)cc43)cc2)cc1. The molecule has 0 aliphatic rings. The largest absolute Gasteiger partial charge is 0.310 e. The summed E-state index contributed by atoms with van der Waals surface area (Å²) in [4.78, 5) is 0. The van der Waals surface area contributed by atoms with Crippen molar-refractivity contribution in [3.63, 3.8) is 0 Å². The molecule has 6 aromatic carbocycles. The second kappa shape index (κ2) is 13.9. The van der Waals surface area contributed by atoms with Crippen LogP contribution in [-0.4, -0.2) is 9.13 Å². The van der Waals surface area contributed by atoms with Crippen LogP contribution in [0, 0.1) is 13.8 Å². The molecule has 0 radical (unpaired) electrons. The molecular weight excluding hydrogens is 629 g/mol. The lowest BCUT2D eigenvalue weighted by atomic mass is 10.0. The van der Waals surface area contributed by atoms with Gasteiger partial charge < -0.3 is 9.13 Å². The highest BCUT2D eigenvalue weighted by molar-refractivity contribution is 6.10. The van der Waals surface area contributed by atoms with E-state index in [1.54, 1.807) is 0 Å². The lowest BCUT2D eigenvalue weighted by Gasteiger charge is -2.14. The van der Waals surface area contributed by atoms with E-state index in [4.69, 9.17) is 0 Å². The molecule has 2 nitrogen and oxygen atoms in total. The third-order valence-corrected chi connectivity index (χ3v) is 10.2. The molecule has 0 spiro atoms. The lowest BCUT2D eigenvalue weighted by Crippen LogP contribution is -2.00. The summed E-state index contributed by atoms with van der Waals surface area (Å²) in [7, 11) is 0. The van der Waals surface area contributed by atoms with Crippen molar-refractivity contribution in [2.24, 2.45) is 0 Å². The van der Waals surface area contributed by atoms with Gasteiger partial charge in [-0.25, -0.2) is 0 Å². The van der Waals surface area contributed by atoms with Gasteiger partial charge in [-0.05, 0) is 107 Å². The Labute approximate surface area is 306 Å². The van der Waals surface area contributed by atoms with E-state index in [0.29, 0.717) is 0 Å². The van der Waals surface area contributed by atoms with Gasteiger partial charge in [0, 0.05) is 33.5 Å². The fraction of sp³-hybridized carbons (Fsp3) is 0.0400. The van der Waals surface area contributed by atoms with Crippen LogP contribution in [0.2, 0.25) is 0 Å². The zero-order valence-corrected chi connectivity index (χ0v) is 29.6. The molecule has 0 saturated carbocycles. The molecule has 0 aliphatic heterocycles. The number of hydrogen-bond donors (Lipinski definition) is 0. The summed E-state index contributed by atoms with van der Waals surface area (Å²) in [6.45, 7) is 12.5. The van der Waals surface area contributed by atoms with Crippen molar-refractivity contribution in [1.29, 1.82) is 0 Å². The fourth-order valence-corrected chi connectivity index (χ4v) is 7.36. The van der Waals surface area contributed by atoms with Crippen LogP contribution in [0.15, 0.2) is 183 Å². The van der Waals surface area contributed by atoms with E-state index in [2.05, 4.69) is 194 Å². The Morgan fingerprint density at radius 1 is 0.500 bits per heavy atom. The summed E-state index contributed by atoms with van der Waals surface area (Å²) in [5.74, 6) is 0. The molecule has 8 aromatic rings. The normalized spacial score (nSPS) is 11.8. The average Bonchev–Trinajstić information content (AvgIpc) is 3.66. The van der Waals surface area contributed by atoms with Crippen LogP contribution in [0.5, 0.6) is 0 Å². The Morgan fingerprint density at radius 3 is 1.69 bits per heavy atom. The average molecular weight is 669 g/mol.